The minimum Gasteiger partial charge on any atom is -0.491 e. The van der Waals surface area contributed by atoms with Crippen LogP contribution in [-0.2, 0) is 4.79 Å². The number of amides is 1. The van der Waals surface area contributed by atoms with Gasteiger partial charge in [0.05, 0.1) is 12.1 Å². The maximum Gasteiger partial charge on any atom is 0.220 e. The van der Waals surface area contributed by atoms with Crippen molar-refractivity contribution in [2.45, 2.75) is 44.9 Å². The van der Waals surface area contributed by atoms with Crippen molar-refractivity contribution in [1.29, 1.82) is 0 Å². The van der Waals surface area contributed by atoms with Gasteiger partial charge in [0.1, 0.15) is 5.75 Å². The lowest BCUT2D eigenvalue weighted by Crippen LogP contribution is -2.45. The van der Waals surface area contributed by atoms with E-state index in [1.807, 2.05) is 38.1 Å². The fourth-order valence-electron chi connectivity index (χ4n) is 2.20. The lowest BCUT2D eigenvalue weighted by Gasteiger charge is -2.30. The molecule has 1 aromatic rings. The molecule has 98 valence electrons. The first-order valence-corrected chi connectivity index (χ1v) is 6.38. The van der Waals surface area contributed by atoms with E-state index in [0.717, 1.165) is 17.7 Å². The Labute approximate surface area is 108 Å². The van der Waals surface area contributed by atoms with E-state index in [2.05, 4.69) is 5.32 Å². The Hall–Kier alpha value is -1.55. The summed E-state index contributed by atoms with van der Waals surface area (Å²) in [6, 6.07) is 7.64. The zero-order chi connectivity index (χ0) is 13.1. The molecule has 1 heterocycles. The van der Waals surface area contributed by atoms with Crippen molar-refractivity contribution in [1.82, 2.24) is 5.32 Å². The summed E-state index contributed by atoms with van der Waals surface area (Å²) in [7, 11) is 0. The molecule has 2 unspecified atom stereocenters. The van der Waals surface area contributed by atoms with Crippen LogP contribution in [0.15, 0.2) is 24.3 Å². The molecule has 0 saturated carbocycles. The van der Waals surface area contributed by atoms with Gasteiger partial charge in [-0.3, -0.25) is 4.79 Å². The normalized spacial score (nSPS) is 23.9. The molecule has 1 aromatic carbocycles. The van der Waals surface area contributed by atoms with Gasteiger partial charge in [-0.05, 0) is 38.0 Å². The van der Waals surface area contributed by atoms with Crippen LogP contribution < -0.4 is 15.8 Å². The Morgan fingerprint density at radius 3 is 2.94 bits per heavy atom. The number of nitrogens with two attached hydrogens (primary N) is 1. The molecular formula is C14H20N2O2. The van der Waals surface area contributed by atoms with Gasteiger partial charge < -0.3 is 15.8 Å². The summed E-state index contributed by atoms with van der Waals surface area (Å²) in [6.45, 7) is 3.97. The van der Waals surface area contributed by atoms with Crippen LogP contribution in [0, 0.1) is 0 Å². The lowest BCUT2D eigenvalue weighted by molar-refractivity contribution is -0.123. The first kappa shape index (κ1) is 12.9. The highest BCUT2D eigenvalue weighted by atomic mass is 16.5. The molecular weight excluding hydrogens is 228 g/mol. The number of carbonyl (C=O) groups excluding carboxylic acids is 1. The van der Waals surface area contributed by atoms with Gasteiger partial charge in [-0.15, -0.1) is 0 Å². The molecule has 1 aliphatic heterocycles. The van der Waals surface area contributed by atoms with Crippen LogP contribution in [0.1, 0.15) is 38.3 Å². The zero-order valence-corrected chi connectivity index (χ0v) is 10.8. The number of carbonyl (C=O) groups is 1. The summed E-state index contributed by atoms with van der Waals surface area (Å²) < 4.78 is 5.65. The second-order valence-corrected chi connectivity index (χ2v) is 4.99. The Morgan fingerprint density at radius 2 is 2.22 bits per heavy atom. The standard InChI is InChI=1S/C14H20N2O2/c1-9(2)18-11-5-3-4-10(8-11)14-12(15)6-7-13(17)16-14/h3-5,8-9,12,14H,6-7,15H2,1-2H3,(H,16,17). The number of rotatable bonds is 3. The van der Waals surface area contributed by atoms with E-state index in [1.165, 1.54) is 0 Å². The van der Waals surface area contributed by atoms with Crippen LogP contribution >= 0.6 is 0 Å². The molecule has 0 aliphatic carbocycles. The van der Waals surface area contributed by atoms with Crippen LogP contribution in [-0.4, -0.2) is 18.1 Å². The van der Waals surface area contributed by atoms with Crippen LogP contribution in [0.2, 0.25) is 0 Å². The fraction of sp³-hybridized carbons (Fsp3) is 0.500. The topological polar surface area (TPSA) is 64.3 Å². The molecule has 0 radical (unpaired) electrons. The van der Waals surface area contributed by atoms with E-state index in [0.29, 0.717) is 6.42 Å². The van der Waals surface area contributed by atoms with E-state index in [1.54, 1.807) is 0 Å². The smallest absolute Gasteiger partial charge is 0.220 e. The number of ether oxygens (including phenoxy) is 1. The predicted octanol–water partition coefficient (Wildman–Crippen LogP) is 1.75. The van der Waals surface area contributed by atoms with E-state index < -0.39 is 0 Å². The third-order valence-corrected chi connectivity index (χ3v) is 3.04. The molecule has 1 aliphatic rings. The summed E-state index contributed by atoms with van der Waals surface area (Å²) in [5.41, 5.74) is 7.08. The molecule has 2 rings (SSSR count). The van der Waals surface area contributed by atoms with Crippen molar-refractivity contribution < 1.29 is 9.53 Å². The van der Waals surface area contributed by atoms with Gasteiger partial charge in [0.2, 0.25) is 5.91 Å². The molecule has 1 fully saturated rings. The van der Waals surface area contributed by atoms with Crippen molar-refractivity contribution in [2.24, 2.45) is 5.73 Å². The lowest BCUT2D eigenvalue weighted by atomic mass is 9.92. The van der Waals surface area contributed by atoms with Crippen LogP contribution in [0.3, 0.4) is 0 Å². The molecule has 0 spiro atoms. The number of hydrogen-bond acceptors (Lipinski definition) is 3. The highest BCUT2D eigenvalue weighted by molar-refractivity contribution is 5.77. The number of nitrogens with one attached hydrogen (secondary N) is 1. The summed E-state index contributed by atoms with van der Waals surface area (Å²) in [5, 5.41) is 2.94. The Kier molecular flexibility index (Phi) is 3.87. The largest absolute Gasteiger partial charge is 0.491 e. The van der Waals surface area contributed by atoms with Crippen molar-refractivity contribution in [3.8, 4) is 5.75 Å². The molecule has 18 heavy (non-hydrogen) atoms. The van der Waals surface area contributed by atoms with Gasteiger partial charge >= 0.3 is 0 Å². The molecule has 2 atom stereocenters. The molecule has 1 amide bonds. The van der Waals surface area contributed by atoms with Crippen molar-refractivity contribution >= 4 is 5.91 Å². The minimum atomic E-state index is -0.109. The van der Waals surface area contributed by atoms with E-state index in [9.17, 15) is 4.79 Å². The van der Waals surface area contributed by atoms with Gasteiger partial charge in [0.25, 0.3) is 0 Å². The SMILES string of the molecule is CC(C)Oc1cccc(C2NC(=O)CCC2N)c1. The second-order valence-electron chi connectivity index (χ2n) is 4.99. The van der Waals surface area contributed by atoms with Gasteiger partial charge in [0, 0.05) is 12.5 Å². The highest BCUT2D eigenvalue weighted by Gasteiger charge is 2.27. The first-order chi connectivity index (χ1) is 8.56. The minimum absolute atomic E-state index is 0.0306. The van der Waals surface area contributed by atoms with Gasteiger partial charge in [-0.25, -0.2) is 0 Å². The third kappa shape index (κ3) is 3.01. The van der Waals surface area contributed by atoms with Crippen molar-refractivity contribution in [3.05, 3.63) is 29.8 Å². The molecule has 3 N–H and O–H groups in total. The Bertz CT molecular complexity index is 432. The third-order valence-electron chi connectivity index (χ3n) is 3.04. The van der Waals surface area contributed by atoms with Gasteiger partial charge in [0.15, 0.2) is 0 Å². The fourth-order valence-corrected chi connectivity index (χ4v) is 2.20. The van der Waals surface area contributed by atoms with Gasteiger partial charge in [-0.1, -0.05) is 12.1 Å². The van der Waals surface area contributed by atoms with Crippen molar-refractivity contribution in [2.75, 3.05) is 0 Å². The molecule has 4 nitrogen and oxygen atoms in total. The Balaban J connectivity index is 2.18. The van der Waals surface area contributed by atoms with Crippen LogP contribution in [0.4, 0.5) is 0 Å². The van der Waals surface area contributed by atoms with E-state index in [4.69, 9.17) is 10.5 Å². The molecule has 4 heteroatoms. The first-order valence-electron chi connectivity index (χ1n) is 6.38. The summed E-state index contributed by atoms with van der Waals surface area (Å²) in [5.74, 6) is 0.881. The summed E-state index contributed by atoms with van der Waals surface area (Å²) in [4.78, 5) is 11.5. The maximum atomic E-state index is 11.5. The second kappa shape index (κ2) is 5.40. The van der Waals surface area contributed by atoms with Crippen molar-refractivity contribution in [3.63, 3.8) is 0 Å². The monoisotopic (exact) mass is 248 g/mol. The average molecular weight is 248 g/mol. The summed E-state index contributed by atoms with van der Waals surface area (Å²) >= 11 is 0. The van der Waals surface area contributed by atoms with E-state index in [-0.39, 0.29) is 24.1 Å². The molecule has 0 aromatic heterocycles. The highest BCUT2D eigenvalue weighted by Crippen LogP contribution is 2.26. The Morgan fingerprint density at radius 1 is 1.44 bits per heavy atom. The van der Waals surface area contributed by atoms with E-state index >= 15 is 0 Å². The molecule has 0 bridgehead atoms. The van der Waals surface area contributed by atoms with Gasteiger partial charge in [-0.2, -0.15) is 0 Å². The summed E-state index contributed by atoms with van der Waals surface area (Å²) in [6.07, 6.45) is 1.38. The maximum absolute atomic E-state index is 11.5. The predicted molar refractivity (Wildman–Crippen MR) is 70.3 cm³/mol. The number of piperidine rings is 1. The zero-order valence-electron chi connectivity index (χ0n) is 10.8. The number of benzene rings is 1. The van der Waals surface area contributed by atoms with Crippen LogP contribution in [0.25, 0.3) is 0 Å². The number of hydrogen-bond donors (Lipinski definition) is 2. The quantitative estimate of drug-likeness (QED) is 0.856. The van der Waals surface area contributed by atoms with Crippen LogP contribution in [0.5, 0.6) is 5.75 Å². The average Bonchev–Trinajstić information content (AvgIpc) is 2.32. The molecule has 1 saturated heterocycles.